The number of rotatable bonds is 2. The molecular formula is C10H6Br3NOS. The van der Waals surface area contributed by atoms with E-state index in [1.54, 1.807) is 6.20 Å². The van der Waals surface area contributed by atoms with Gasteiger partial charge in [0.2, 0.25) is 0 Å². The molecular weight excluding hydrogens is 422 g/mol. The number of hydrogen-bond acceptors (Lipinski definition) is 3. The highest BCUT2D eigenvalue weighted by molar-refractivity contribution is 9.11. The van der Waals surface area contributed by atoms with Crippen LogP contribution in [0.2, 0.25) is 0 Å². The van der Waals surface area contributed by atoms with Crippen molar-refractivity contribution in [1.82, 2.24) is 4.98 Å². The summed E-state index contributed by atoms with van der Waals surface area (Å²) in [6, 6.07) is 1.87. The minimum atomic E-state index is -0.719. The van der Waals surface area contributed by atoms with E-state index < -0.39 is 6.10 Å². The fourth-order valence-electron chi connectivity index (χ4n) is 1.26. The average molecular weight is 428 g/mol. The summed E-state index contributed by atoms with van der Waals surface area (Å²) in [4.78, 5) is 4.21. The van der Waals surface area contributed by atoms with Gasteiger partial charge >= 0.3 is 0 Å². The molecule has 1 N–H and O–H groups in total. The Hall–Kier alpha value is 0.250. The van der Waals surface area contributed by atoms with Crippen LogP contribution in [0.1, 0.15) is 17.4 Å². The van der Waals surface area contributed by atoms with Gasteiger partial charge < -0.3 is 5.11 Å². The maximum absolute atomic E-state index is 10.2. The standard InChI is InChI=1S/C10H6Br3NOS/c11-5-1-7(12)9(14-2-5)10(15)6-3-16-4-8(6)13/h1-4,10,15H. The van der Waals surface area contributed by atoms with Crippen LogP contribution < -0.4 is 0 Å². The van der Waals surface area contributed by atoms with E-state index in [1.165, 1.54) is 11.3 Å². The lowest BCUT2D eigenvalue weighted by Crippen LogP contribution is -2.02. The largest absolute Gasteiger partial charge is 0.382 e. The van der Waals surface area contributed by atoms with Gasteiger partial charge in [-0.2, -0.15) is 11.3 Å². The zero-order valence-corrected chi connectivity index (χ0v) is 13.4. The maximum Gasteiger partial charge on any atom is 0.124 e. The topological polar surface area (TPSA) is 33.1 Å². The first-order chi connectivity index (χ1) is 7.59. The Balaban J connectivity index is 2.41. The van der Waals surface area contributed by atoms with E-state index in [2.05, 4.69) is 52.8 Å². The number of nitrogens with zero attached hydrogens (tertiary/aromatic N) is 1. The van der Waals surface area contributed by atoms with E-state index in [4.69, 9.17) is 0 Å². The fraction of sp³-hybridized carbons (Fsp3) is 0.100. The van der Waals surface area contributed by atoms with Gasteiger partial charge in [-0.3, -0.25) is 4.98 Å². The number of aliphatic hydroxyl groups excluding tert-OH is 1. The second-order valence-corrected chi connectivity index (χ2v) is 6.47. The molecule has 0 spiro atoms. The van der Waals surface area contributed by atoms with Gasteiger partial charge in [0.15, 0.2) is 0 Å². The fourth-order valence-corrected chi connectivity index (χ4v) is 4.00. The summed E-state index contributed by atoms with van der Waals surface area (Å²) in [7, 11) is 0. The van der Waals surface area contributed by atoms with Gasteiger partial charge in [-0.05, 0) is 59.2 Å². The van der Waals surface area contributed by atoms with Crippen molar-refractivity contribution in [2.45, 2.75) is 6.10 Å². The molecule has 0 radical (unpaired) electrons. The highest BCUT2D eigenvalue weighted by Crippen LogP contribution is 2.34. The SMILES string of the molecule is OC(c1cscc1Br)c1ncc(Br)cc1Br. The Labute approximate surface area is 122 Å². The van der Waals surface area contributed by atoms with Crippen molar-refractivity contribution in [1.29, 1.82) is 0 Å². The maximum atomic E-state index is 10.2. The van der Waals surface area contributed by atoms with Crippen LogP contribution in [0.4, 0.5) is 0 Å². The first kappa shape index (κ1) is 12.7. The number of aromatic nitrogens is 1. The summed E-state index contributed by atoms with van der Waals surface area (Å²) in [6.07, 6.45) is 0.951. The lowest BCUT2D eigenvalue weighted by molar-refractivity contribution is 0.214. The van der Waals surface area contributed by atoms with Crippen molar-refractivity contribution >= 4 is 59.1 Å². The lowest BCUT2D eigenvalue weighted by Gasteiger charge is -2.11. The van der Waals surface area contributed by atoms with E-state index >= 15 is 0 Å². The van der Waals surface area contributed by atoms with Crippen LogP contribution in [-0.4, -0.2) is 10.1 Å². The number of halogens is 3. The molecule has 2 heterocycles. The summed E-state index contributed by atoms with van der Waals surface area (Å²) < 4.78 is 2.56. The zero-order valence-electron chi connectivity index (χ0n) is 7.82. The molecule has 2 rings (SSSR count). The minimum absolute atomic E-state index is 0.613. The van der Waals surface area contributed by atoms with Crippen LogP contribution in [0.5, 0.6) is 0 Å². The zero-order chi connectivity index (χ0) is 11.7. The molecule has 0 fully saturated rings. The number of thiophene rings is 1. The van der Waals surface area contributed by atoms with Crippen LogP contribution >= 0.6 is 59.1 Å². The minimum Gasteiger partial charge on any atom is -0.382 e. The predicted octanol–water partition coefficient (Wildman–Crippen LogP) is 4.51. The molecule has 0 saturated heterocycles. The van der Waals surface area contributed by atoms with Crippen LogP contribution in [-0.2, 0) is 0 Å². The third-order valence-electron chi connectivity index (χ3n) is 2.03. The molecule has 0 saturated carbocycles. The molecule has 6 heteroatoms. The first-order valence-corrected chi connectivity index (χ1v) is 7.62. The predicted molar refractivity (Wildman–Crippen MR) is 75.7 cm³/mol. The van der Waals surface area contributed by atoms with Gasteiger partial charge in [-0.1, -0.05) is 0 Å². The average Bonchev–Trinajstić information content (AvgIpc) is 2.63. The molecule has 2 nitrogen and oxygen atoms in total. The van der Waals surface area contributed by atoms with Crippen LogP contribution in [0.25, 0.3) is 0 Å². The third-order valence-corrected chi connectivity index (χ3v) is 4.85. The van der Waals surface area contributed by atoms with Crippen LogP contribution in [0, 0.1) is 0 Å². The van der Waals surface area contributed by atoms with Crippen molar-refractivity contribution in [2.75, 3.05) is 0 Å². The van der Waals surface area contributed by atoms with Crippen molar-refractivity contribution in [2.24, 2.45) is 0 Å². The van der Waals surface area contributed by atoms with Gasteiger partial charge in [-0.15, -0.1) is 0 Å². The lowest BCUT2D eigenvalue weighted by atomic mass is 10.1. The summed E-state index contributed by atoms with van der Waals surface area (Å²) in [5.41, 5.74) is 1.45. The van der Waals surface area contributed by atoms with Gasteiger partial charge in [-0.25, -0.2) is 0 Å². The Morgan fingerprint density at radius 2 is 1.94 bits per heavy atom. The van der Waals surface area contributed by atoms with Gasteiger partial charge in [0, 0.05) is 30.6 Å². The molecule has 1 unspecified atom stereocenters. The highest BCUT2D eigenvalue weighted by Gasteiger charge is 2.18. The van der Waals surface area contributed by atoms with Crippen molar-refractivity contribution < 1.29 is 5.11 Å². The Bertz CT molecular complexity index is 515. The van der Waals surface area contributed by atoms with Gasteiger partial charge in [0.05, 0.1) is 5.69 Å². The molecule has 0 aliphatic carbocycles. The molecule has 0 aromatic carbocycles. The molecule has 2 aromatic heterocycles. The van der Waals surface area contributed by atoms with Crippen molar-refractivity contribution in [3.05, 3.63) is 47.7 Å². The third kappa shape index (κ3) is 2.56. The van der Waals surface area contributed by atoms with E-state index in [1.807, 2.05) is 16.8 Å². The second-order valence-electron chi connectivity index (χ2n) is 3.10. The summed E-state index contributed by atoms with van der Waals surface area (Å²) in [6.45, 7) is 0. The van der Waals surface area contributed by atoms with E-state index in [-0.39, 0.29) is 0 Å². The molecule has 0 aliphatic heterocycles. The number of aliphatic hydroxyl groups is 1. The molecule has 1 atom stereocenters. The van der Waals surface area contributed by atoms with Crippen molar-refractivity contribution in [3.63, 3.8) is 0 Å². The van der Waals surface area contributed by atoms with Gasteiger partial charge in [0.1, 0.15) is 6.10 Å². The summed E-state index contributed by atoms with van der Waals surface area (Å²) >= 11 is 11.7. The van der Waals surface area contributed by atoms with E-state index in [0.717, 1.165) is 19.0 Å². The van der Waals surface area contributed by atoms with Crippen LogP contribution in [0.3, 0.4) is 0 Å². The molecule has 0 amide bonds. The Morgan fingerprint density at radius 1 is 1.19 bits per heavy atom. The van der Waals surface area contributed by atoms with Gasteiger partial charge in [0.25, 0.3) is 0 Å². The van der Waals surface area contributed by atoms with E-state index in [0.29, 0.717) is 5.69 Å². The Morgan fingerprint density at radius 3 is 2.50 bits per heavy atom. The molecule has 16 heavy (non-hydrogen) atoms. The van der Waals surface area contributed by atoms with Crippen molar-refractivity contribution in [3.8, 4) is 0 Å². The summed E-state index contributed by atoms with van der Waals surface area (Å²) in [5.74, 6) is 0. The molecule has 84 valence electrons. The smallest absolute Gasteiger partial charge is 0.124 e. The quantitative estimate of drug-likeness (QED) is 0.764. The number of hydrogen-bond donors (Lipinski definition) is 1. The second kappa shape index (κ2) is 5.27. The molecule has 0 bridgehead atoms. The molecule has 0 aliphatic rings. The van der Waals surface area contributed by atoms with E-state index in [9.17, 15) is 5.11 Å². The molecule has 2 aromatic rings. The first-order valence-electron chi connectivity index (χ1n) is 4.30. The highest BCUT2D eigenvalue weighted by atomic mass is 79.9. The monoisotopic (exact) mass is 425 g/mol. The summed E-state index contributed by atoms with van der Waals surface area (Å²) in [5, 5.41) is 14.0. The van der Waals surface area contributed by atoms with Crippen LogP contribution in [0.15, 0.2) is 36.4 Å². The Kier molecular flexibility index (Phi) is 4.18. The normalized spacial score (nSPS) is 12.8. The number of pyridine rings is 1.